The molecule has 0 saturated carbocycles. The molecule has 0 unspecified atom stereocenters. The van der Waals surface area contributed by atoms with Gasteiger partial charge in [-0.2, -0.15) is 0 Å². The minimum absolute atomic E-state index is 0.0755. The van der Waals surface area contributed by atoms with Gasteiger partial charge in [-0.05, 0) is 18.1 Å². The van der Waals surface area contributed by atoms with Crippen LogP contribution in [-0.2, 0) is 11.2 Å². The first-order valence-electron chi connectivity index (χ1n) is 5.06. The number of hydrogen-bond acceptors (Lipinski definition) is 4. The number of ether oxygens (including phenoxy) is 2. The Bertz CT molecular complexity index is 420. The molecule has 1 aliphatic carbocycles. The molecular formula is C11H12ClNO3. The number of carbonyl (C=O) groups is 1. The Hall–Kier alpha value is -1.13. The molecule has 5 heteroatoms. The van der Waals surface area contributed by atoms with E-state index >= 15 is 0 Å². The smallest absolute Gasteiger partial charge is 0.226 e. The molecule has 16 heavy (non-hydrogen) atoms. The van der Waals surface area contributed by atoms with Gasteiger partial charge in [-0.1, -0.05) is 11.6 Å². The number of ketones is 1. The minimum atomic E-state index is 0.0755. The largest absolute Gasteiger partial charge is 0.475 e. The number of methoxy groups -OCH3 is 1. The average molecular weight is 242 g/mol. The van der Waals surface area contributed by atoms with Gasteiger partial charge in [0.05, 0.1) is 12.2 Å². The summed E-state index contributed by atoms with van der Waals surface area (Å²) in [5.74, 6) is 0.411. The molecule has 1 heterocycles. The molecule has 0 aliphatic heterocycles. The first-order valence-corrected chi connectivity index (χ1v) is 5.44. The molecular weight excluding hydrogens is 230 g/mol. The van der Waals surface area contributed by atoms with Crippen molar-refractivity contribution in [2.24, 2.45) is 0 Å². The van der Waals surface area contributed by atoms with Crippen LogP contribution in [0.3, 0.4) is 0 Å². The van der Waals surface area contributed by atoms with E-state index in [1.807, 2.05) is 0 Å². The van der Waals surface area contributed by atoms with E-state index in [4.69, 9.17) is 21.1 Å². The van der Waals surface area contributed by atoms with Crippen LogP contribution in [0, 0.1) is 0 Å². The van der Waals surface area contributed by atoms with Crippen molar-refractivity contribution in [2.75, 3.05) is 20.3 Å². The van der Waals surface area contributed by atoms with Crippen LogP contribution in [0.15, 0.2) is 6.07 Å². The van der Waals surface area contributed by atoms with Crippen LogP contribution in [0.5, 0.6) is 5.88 Å². The number of hydrogen-bond donors (Lipinski definition) is 0. The number of pyridine rings is 1. The molecule has 86 valence electrons. The molecule has 1 aromatic heterocycles. The lowest BCUT2D eigenvalue weighted by Gasteiger charge is -2.08. The Morgan fingerprint density at radius 3 is 3.00 bits per heavy atom. The third-order valence-electron chi connectivity index (χ3n) is 2.46. The molecule has 0 spiro atoms. The fraction of sp³-hybridized carbons (Fsp3) is 0.455. The summed E-state index contributed by atoms with van der Waals surface area (Å²) < 4.78 is 10.3. The second-order valence-electron chi connectivity index (χ2n) is 3.55. The molecule has 0 radical (unpaired) electrons. The molecule has 0 amide bonds. The average Bonchev–Trinajstić information content (AvgIpc) is 2.60. The van der Waals surface area contributed by atoms with Crippen molar-refractivity contribution < 1.29 is 14.3 Å². The van der Waals surface area contributed by atoms with E-state index < -0.39 is 0 Å². The summed E-state index contributed by atoms with van der Waals surface area (Å²) in [5, 5.41) is 0.362. The van der Waals surface area contributed by atoms with Crippen LogP contribution in [0.2, 0.25) is 5.15 Å². The van der Waals surface area contributed by atoms with Crippen LogP contribution in [-0.4, -0.2) is 31.1 Å². The molecule has 1 aromatic rings. The number of rotatable bonds is 4. The summed E-state index contributed by atoms with van der Waals surface area (Å²) in [7, 11) is 1.59. The number of carbonyl (C=O) groups excluding carboxylic acids is 1. The minimum Gasteiger partial charge on any atom is -0.475 e. The molecule has 4 nitrogen and oxygen atoms in total. The maximum atomic E-state index is 11.6. The Morgan fingerprint density at radius 2 is 2.25 bits per heavy atom. The Kier molecular flexibility index (Phi) is 3.41. The number of nitrogens with zero attached hydrogens (tertiary/aromatic N) is 1. The van der Waals surface area contributed by atoms with Crippen molar-refractivity contribution >= 4 is 17.4 Å². The molecule has 0 fully saturated rings. The van der Waals surface area contributed by atoms with Gasteiger partial charge >= 0.3 is 0 Å². The number of fused-ring (bicyclic) bond motifs is 1. The van der Waals surface area contributed by atoms with Gasteiger partial charge < -0.3 is 9.47 Å². The molecule has 0 atom stereocenters. The van der Waals surface area contributed by atoms with Crippen molar-refractivity contribution in [2.45, 2.75) is 12.8 Å². The molecule has 2 rings (SSSR count). The van der Waals surface area contributed by atoms with Crippen molar-refractivity contribution in [1.29, 1.82) is 0 Å². The zero-order valence-corrected chi connectivity index (χ0v) is 9.71. The SMILES string of the molecule is COCCOc1nc(Cl)cc2c1C(=O)CC2. The zero-order chi connectivity index (χ0) is 11.5. The van der Waals surface area contributed by atoms with Crippen LogP contribution in [0.25, 0.3) is 0 Å². The fourth-order valence-corrected chi connectivity index (χ4v) is 1.94. The number of aromatic nitrogens is 1. The highest BCUT2D eigenvalue weighted by Crippen LogP contribution is 2.31. The second-order valence-corrected chi connectivity index (χ2v) is 3.94. The van der Waals surface area contributed by atoms with Gasteiger partial charge in [-0.25, -0.2) is 4.98 Å². The summed E-state index contributed by atoms with van der Waals surface area (Å²) in [6.07, 6.45) is 1.23. The highest BCUT2D eigenvalue weighted by Gasteiger charge is 2.25. The van der Waals surface area contributed by atoms with Gasteiger partial charge in [-0.15, -0.1) is 0 Å². The van der Waals surface area contributed by atoms with E-state index in [2.05, 4.69) is 4.98 Å². The number of halogens is 1. The third kappa shape index (κ3) is 2.18. The van der Waals surface area contributed by atoms with Crippen molar-refractivity contribution in [3.8, 4) is 5.88 Å². The topological polar surface area (TPSA) is 48.4 Å². The monoisotopic (exact) mass is 241 g/mol. The van der Waals surface area contributed by atoms with Gasteiger partial charge in [0, 0.05) is 13.5 Å². The second kappa shape index (κ2) is 4.80. The van der Waals surface area contributed by atoms with Crippen LogP contribution in [0.1, 0.15) is 22.3 Å². The molecule has 0 saturated heterocycles. The lowest BCUT2D eigenvalue weighted by molar-refractivity contribution is 0.0986. The summed E-state index contributed by atoms with van der Waals surface area (Å²) in [6.45, 7) is 0.820. The Labute approximate surface area is 98.5 Å². The molecule has 0 bridgehead atoms. The van der Waals surface area contributed by atoms with Crippen molar-refractivity contribution in [3.05, 3.63) is 22.3 Å². The molecule has 0 aromatic carbocycles. The predicted octanol–water partition coefficient (Wildman–Crippen LogP) is 1.89. The quantitative estimate of drug-likeness (QED) is 0.597. The summed E-state index contributed by atoms with van der Waals surface area (Å²) in [6, 6.07) is 1.73. The fourth-order valence-electron chi connectivity index (χ4n) is 1.73. The van der Waals surface area contributed by atoms with Crippen molar-refractivity contribution in [3.63, 3.8) is 0 Å². The van der Waals surface area contributed by atoms with E-state index in [9.17, 15) is 4.79 Å². The van der Waals surface area contributed by atoms with Crippen LogP contribution >= 0.6 is 11.6 Å². The standard InChI is InChI=1S/C11H12ClNO3/c1-15-4-5-16-11-10-7(2-3-8(10)14)6-9(12)13-11/h6H,2-5H2,1H3. The van der Waals surface area contributed by atoms with Crippen molar-refractivity contribution in [1.82, 2.24) is 4.98 Å². The van der Waals surface area contributed by atoms with Crippen LogP contribution in [0.4, 0.5) is 0 Å². The third-order valence-corrected chi connectivity index (χ3v) is 2.66. The van der Waals surface area contributed by atoms with Crippen LogP contribution < -0.4 is 4.74 Å². The predicted molar refractivity (Wildman–Crippen MR) is 59.3 cm³/mol. The van der Waals surface area contributed by atoms with Gasteiger partial charge in [0.15, 0.2) is 5.78 Å². The van der Waals surface area contributed by atoms with E-state index in [1.165, 1.54) is 0 Å². The summed E-state index contributed by atoms with van der Waals surface area (Å²) in [4.78, 5) is 15.7. The molecule has 0 N–H and O–H groups in total. The number of Topliss-reactive ketones (excluding diaryl/α,β-unsaturated/α-hetero) is 1. The first kappa shape index (κ1) is 11.4. The van der Waals surface area contributed by atoms with E-state index in [0.29, 0.717) is 36.2 Å². The lowest BCUT2D eigenvalue weighted by Crippen LogP contribution is -2.09. The summed E-state index contributed by atoms with van der Waals surface area (Å²) >= 11 is 5.86. The normalized spacial score (nSPS) is 14.0. The zero-order valence-electron chi connectivity index (χ0n) is 8.96. The highest BCUT2D eigenvalue weighted by molar-refractivity contribution is 6.29. The van der Waals surface area contributed by atoms with E-state index in [0.717, 1.165) is 12.0 Å². The van der Waals surface area contributed by atoms with Gasteiger partial charge in [-0.3, -0.25) is 4.79 Å². The number of aryl methyl sites for hydroxylation is 1. The van der Waals surface area contributed by atoms with E-state index in [1.54, 1.807) is 13.2 Å². The highest BCUT2D eigenvalue weighted by atomic mass is 35.5. The summed E-state index contributed by atoms with van der Waals surface area (Å²) in [5.41, 5.74) is 1.51. The van der Waals surface area contributed by atoms with E-state index in [-0.39, 0.29) is 5.78 Å². The lowest BCUT2D eigenvalue weighted by atomic mass is 10.2. The Balaban J connectivity index is 2.26. The van der Waals surface area contributed by atoms with Gasteiger partial charge in [0.2, 0.25) is 5.88 Å². The van der Waals surface area contributed by atoms with Gasteiger partial charge in [0.25, 0.3) is 0 Å². The molecule has 1 aliphatic rings. The first-order chi connectivity index (χ1) is 7.72. The van der Waals surface area contributed by atoms with Gasteiger partial charge in [0.1, 0.15) is 11.8 Å². The Morgan fingerprint density at radius 1 is 1.44 bits per heavy atom. The maximum Gasteiger partial charge on any atom is 0.226 e. The maximum absolute atomic E-state index is 11.6.